The average molecular weight is 409 g/mol. The minimum Gasteiger partial charge on any atom is -0.381 e. The molecule has 0 unspecified atom stereocenters. The van der Waals surface area contributed by atoms with E-state index in [4.69, 9.17) is 5.21 Å². The standard InChI is InChI=1S/C27H24N2O2/c1-17(15-18-5-7-22(8-6-18)27(30)29-31)16-28-24-14-12-21-10-9-19-3-2-4-20-11-13-23(24)26(21)25(19)20/h2,4-9,11-15,28,31H,3,10,16H2,1H3,(H,29,30)/b17-15+. The number of allylic oxidation sites excluding steroid dienone is 3. The Balaban J connectivity index is 1.39. The van der Waals surface area contributed by atoms with Gasteiger partial charge in [-0.15, -0.1) is 0 Å². The molecule has 4 nitrogen and oxygen atoms in total. The maximum Gasteiger partial charge on any atom is 0.274 e. The third-order valence-corrected chi connectivity index (χ3v) is 6.07. The molecule has 4 heteroatoms. The van der Waals surface area contributed by atoms with E-state index < -0.39 is 5.91 Å². The van der Waals surface area contributed by atoms with Gasteiger partial charge in [-0.05, 0) is 71.2 Å². The van der Waals surface area contributed by atoms with Crippen molar-refractivity contribution in [3.63, 3.8) is 0 Å². The van der Waals surface area contributed by atoms with Crippen molar-refractivity contribution in [3.8, 4) is 0 Å². The fraction of sp³-hybridized carbons (Fsp3) is 0.148. The maximum atomic E-state index is 11.5. The largest absolute Gasteiger partial charge is 0.381 e. The van der Waals surface area contributed by atoms with Crippen LogP contribution in [-0.2, 0) is 6.42 Å². The Labute approximate surface area is 181 Å². The van der Waals surface area contributed by atoms with Crippen molar-refractivity contribution in [2.45, 2.75) is 19.8 Å². The van der Waals surface area contributed by atoms with Gasteiger partial charge in [-0.2, -0.15) is 0 Å². The van der Waals surface area contributed by atoms with Gasteiger partial charge in [0.15, 0.2) is 0 Å². The van der Waals surface area contributed by atoms with Crippen LogP contribution in [0, 0.1) is 0 Å². The Morgan fingerprint density at radius 1 is 1.06 bits per heavy atom. The molecule has 0 fully saturated rings. The quantitative estimate of drug-likeness (QED) is 0.368. The van der Waals surface area contributed by atoms with Crippen LogP contribution in [0.2, 0.25) is 0 Å². The van der Waals surface area contributed by atoms with Crippen LogP contribution in [0.15, 0.2) is 66.3 Å². The third kappa shape index (κ3) is 3.56. The van der Waals surface area contributed by atoms with E-state index in [-0.39, 0.29) is 0 Å². The maximum absolute atomic E-state index is 11.5. The Hall–Kier alpha value is -3.63. The van der Waals surface area contributed by atoms with Crippen LogP contribution < -0.4 is 10.8 Å². The summed E-state index contributed by atoms with van der Waals surface area (Å²) >= 11 is 0. The van der Waals surface area contributed by atoms with Gasteiger partial charge in [0.2, 0.25) is 0 Å². The highest BCUT2D eigenvalue weighted by Gasteiger charge is 2.20. The van der Waals surface area contributed by atoms with Gasteiger partial charge in [0.25, 0.3) is 5.91 Å². The molecule has 0 aromatic heterocycles. The van der Waals surface area contributed by atoms with Crippen molar-refractivity contribution in [2.75, 3.05) is 11.9 Å². The predicted octanol–water partition coefficient (Wildman–Crippen LogP) is 5.83. The molecule has 0 radical (unpaired) electrons. The first kappa shape index (κ1) is 19.3. The number of benzene rings is 3. The number of carbonyl (C=O) groups is 1. The van der Waals surface area contributed by atoms with Crippen LogP contribution in [0.3, 0.4) is 0 Å². The molecule has 0 atom stereocenters. The number of nitrogens with one attached hydrogen (secondary N) is 2. The fourth-order valence-corrected chi connectivity index (χ4v) is 4.54. The molecule has 3 N–H and O–H groups in total. The van der Waals surface area contributed by atoms with Crippen LogP contribution in [0.25, 0.3) is 28.5 Å². The topological polar surface area (TPSA) is 61.4 Å². The molecule has 0 bridgehead atoms. The number of carbonyl (C=O) groups excluding carboxylic acids is 1. The number of hydroxylamine groups is 1. The Kier molecular flexibility index (Phi) is 4.92. The lowest BCUT2D eigenvalue weighted by Crippen LogP contribution is -2.18. The molecular weight excluding hydrogens is 384 g/mol. The van der Waals surface area contributed by atoms with Crippen molar-refractivity contribution < 1.29 is 10.0 Å². The molecule has 5 rings (SSSR count). The zero-order chi connectivity index (χ0) is 21.4. The molecule has 2 aliphatic carbocycles. The smallest absolute Gasteiger partial charge is 0.274 e. The van der Waals surface area contributed by atoms with Crippen molar-refractivity contribution in [3.05, 3.63) is 94.1 Å². The highest BCUT2D eigenvalue weighted by atomic mass is 16.5. The van der Waals surface area contributed by atoms with E-state index in [0.29, 0.717) is 5.56 Å². The zero-order valence-corrected chi connectivity index (χ0v) is 17.4. The molecule has 154 valence electrons. The number of hydrogen-bond acceptors (Lipinski definition) is 3. The van der Waals surface area contributed by atoms with E-state index in [9.17, 15) is 4.79 Å². The van der Waals surface area contributed by atoms with Crippen LogP contribution in [0.5, 0.6) is 0 Å². The van der Waals surface area contributed by atoms with Crippen molar-refractivity contribution >= 4 is 40.1 Å². The number of hydrogen-bond donors (Lipinski definition) is 3. The van der Waals surface area contributed by atoms with E-state index in [1.807, 2.05) is 12.1 Å². The highest BCUT2D eigenvalue weighted by Crippen LogP contribution is 2.42. The van der Waals surface area contributed by atoms with Crippen molar-refractivity contribution in [2.24, 2.45) is 0 Å². The van der Waals surface area contributed by atoms with E-state index in [2.05, 4.69) is 60.8 Å². The van der Waals surface area contributed by atoms with Gasteiger partial charge in [0.05, 0.1) is 0 Å². The lowest BCUT2D eigenvalue weighted by molar-refractivity contribution is 0.0706. The van der Waals surface area contributed by atoms with E-state index in [1.165, 1.54) is 38.6 Å². The van der Waals surface area contributed by atoms with Crippen LogP contribution in [0.1, 0.15) is 46.0 Å². The van der Waals surface area contributed by atoms with E-state index in [0.717, 1.165) is 30.6 Å². The summed E-state index contributed by atoms with van der Waals surface area (Å²) < 4.78 is 0. The molecule has 0 saturated heterocycles. The second kappa shape index (κ2) is 7.89. The van der Waals surface area contributed by atoms with E-state index >= 15 is 0 Å². The normalized spacial score (nSPS) is 14.4. The number of amides is 1. The summed E-state index contributed by atoms with van der Waals surface area (Å²) in [5, 5.41) is 15.0. The predicted molar refractivity (Wildman–Crippen MR) is 127 cm³/mol. The van der Waals surface area contributed by atoms with Gasteiger partial charge < -0.3 is 5.32 Å². The molecule has 0 saturated carbocycles. The molecule has 1 amide bonds. The lowest BCUT2D eigenvalue weighted by Gasteiger charge is -2.24. The molecule has 0 heterocycles. The lowest BCUT2D eigenvalue weighted by atomic mass is 9.81. The summed E-state index contributed by atoms with van der Waals surface area (Å²) in [5.74, 6) is -0.506. The minimum absolute atomic E-state index is 0.426. The second-order valence-corrected chi connectivity index (χ2v) is 8.17. The molecule has 3 aromatic carbocycles. The van der Waals surface area contributed by atoms with Gasteiger partial charge in [-0.25, -0.2) is 5.48 Å². The first-order chi connectivity index (χ1) is 15.1. The summed E-state index contributed by atoms with van der Waals surface area (Å²) in [4.78, 5) is 11.5. The van der Waals surface area contributed by atoms with Crippen LogP contribution in [0.4, 0.5) is 5.69 Å². The SMILES string of the molecule is C/C(=C\c1ccc(C(=O)NO)cc1)CNc1ccc2c3c4c(ccc13)C=CCC4=CC2. The van der Waals surface area contributed by atoms with Crippen molar-refractivity contribution in [1.29, 1.82) is 0 Å². The summed E-state index contributed by atoms with van der Waals surface area (Å²) in [6.07, 6.45) is 11.0. The Morgan fingerprint density at radius 2 is 1.90 bits per heavy atom. The Bertz CT molecular complexity index is 1280. The minimum atomic E-state index is -0.506. The van der Waals surface area contributed by atoms with Gasteiger partial charge >= 0.3 is 0 Å². The van der Waals surface area contributed by atoms with Crippen molar-refractivity contribution in [1.82, 2.24) is 5.48 Å². The number of anilines is 1. The summed E-state index contributed by atoms with van der Waals surface area (Å²) in [6, 6.07) is 16.1. The monoisotopic (exact) mass is 408 g/mol. The van der Waals surface area contributed by atoms with Gasteiger partial charge in [-0.1, -0.05) is 60.2 Å². The highest BCUT2D eigenvalue weighted by molar-refractivity contribution is 6.07. The van der Waals surface area contributed by atoms with Gasteiger partial charge in [0, 0.05) is 23.2 Å². The third-order valence-electron chi connectivity index (χ3n) is 6.07. The summed E-state index contributed by atoms with van der Waals surface area (Å²) in [7, 11) is 0. The molecular formula is C27H24N2O2. The first-order valence-electron chi connectivity index (χ1n) is 10.5. The molecule has 3 aromatic rings. The van der Waals surface area contributed by atoms with E-state index in [1.54, 1.807) is 17.6 Å². The summed E-state index contributed by atoms with van der Waals surface area (Å²) in [5.41, 5.74) is 11.0. The number of rotatable bonds is 5. The second-order valence-electron chi connectivity index (χ2n) is 8.17. The Morgan fingerprint density at radius 3 is 2.71 bits per heavy atom. The molecule has 0 spiro atoms. The first-order valence-corrected chi connectivity index (χ1v) is 10.5. The van der Waals surface area contributed by atoms with Crippen LogP contribution in [-0.4, -0.2) is 17.7 Å². The van der Waals surface area contributed by atoms with Gasteiger partial charge in [-0.3, -0.25) is 10.0 Å². The molecule has 2 aliphatic rings. The van der Waals surface area contributed by atoms with Crippen LogP contribution >= 0.6 is 0 Å². The zero-order valence-electron chi connectivity index (χ0n) is 17.4. The molecule has 31 heavy (non-hydrogen) atoms. The molecule has 0 aliphatic heterocycles. The fourth-order valence-electron chi connectivity index (χ4n) is 4.54. The summed E-state index contributed by atoms with van der Waals surface area (Å²) in [6.45, 7) is 2.82. The average Bonchev–Trinajstić information content (AvgIpc) is 2.81. The van der Waals surface area contributed by atoms with Gasteiger partial charge in [0.1, 0.15) is 0 Å².